The van der Waals surface area contributed by atoms with Crippen molar-refractivity contribution in [2.45, 2.75) is 11.4 Å². The van der Waals surface area contributed by atoms with Gasteiger partial charge in [0, 0.05) is 23.3 Å². The monoisotopic (exact) mass is 326 g/mol. The van der Waals surface area contributed by atoms with Crippen LogP contribution in [0.1, 0.15) is 4.88 Å². The largest absolute Gasteiger partial charge is 0.492 e. The van der Waals surface area contributed by atoms with Gasteiger partial charge in [-0.05, 0) is 25.2 Å². The van der Waals surface area contributed by atoms with E-state index in [1.54, 1.807) is 11.4 Å². The van der Waals surface area contributed by atoms with Crippen LogP contribution in [0.5, 0.6) is 5.75 Å². The summed E-state index contributed by atoms with van der Waals surface area (Å²) in [6, 6.07) is 11.0. The highest BCUT2D eigenvalue weighted by Crippen LogP contribution is 2.18. The Balaban J connectivity index is 1.83. The fourth-order valence-electron chi connectivity index (χ4n) is 1.71. The lowest BCUT2D eigenvalue weighted by Crippen LogP contribution is -2.28. The topological polar surface area (TPSA) is 67.4 Å². The molecule has 0 aliphatic heterocycles. The van der Waals surface area contributed by atoms with Crippen molar-refractivity contribution in [2.75, 3.05) is 20.2 Å². The van der Waals surface area contributed by atoms with Gasteiger partial charge in [-0.25, -0.2) is 13.1 Å². The first-order valence-corrected chi connectivity index (χ1v) is 8.87. The summed E-state index contributed by atoms with van der Waals surface area (Å²) >= 11 is 1.42. The third-order valence-electron chi connectivity index (χ3n) is 2.70. The summed E-state index contributed by atoms with van der Waals surface area (Å²) in [4.78, 5) is 1.29. The standard InChI is InChI=1S/C14H18N2O3S2/c1-15-10-13-9-14(11-20-13)21(17,18)16-7-8-19-12-5-3-2-4-6-12/h2-6,9,11,15-16H,7-8,10H2,1H3. The van der Waals surface area contributed by atoms with E-state index in [4.69, 9.17) is 4.74 Å². The quantitative estimate of drug-likeness (QED) is 0.726. The number of nitrogens with one attached hydrogen (secondary N) is 2. The maximum Gasteiger partial charge on any atom is 0.241 e. The third-order valence-corrected chi connectivity index (χ3v) is 5.22. The van der Waals surface area contributed by atoms with Gasteiger partial charge in [0.2, 0.25) is 10.0 Å². The molecule has 0 spiro atoms. The molecule has 1 aromatic heterocycles. The van der Waals surface area contributed by atoms with E-state index < -0.39 is 10.0 Å². The highest BCUT2D eigenvalue weighted by Gasteiger charge is 2.15. The average molecular weight is 326 g/mol. The van der Waals surface area contributed by atoms with Crippen molar-refractivity contribution in [1.82, 2.24) is 10.0 Å². The molecule has 0 aliphatic carbocycles. The van der Waals surface area contributed by atoms with Gasteiger partial charge < -0.3 is 10.1 Å². The molecule has 0 bridgehead atoms. The second kappa shape index (κ2) is 7.56. The summed E-state index contributed by atoms with van der Waals surface area (Å²) in [5.74, 6) is 0.725. The van der Waals surface area contributed by atoms with Gasteiger partial charge in [-0.2, -0.15) is 0 Å². The molecular formula is C14H18N2O3S2. The number of hydrogen-bond acceptors (Lipinski definition) is 5. The molecule has 0 radical (unpaired) electrons. The highest BCUT2D eigenvalue weighted by molar-refractivity contribution is 7.89. The van der Waals surface area contributed by atoms with E-state index in [2.05, 4.69) is 10.0 Å². The van der Waals surface area contributed by atoms with E-state index in [0.29, 0.717) is 11.4 Å². The molecule has 0 amide bonds. The number of para-hydroxylation sites is 1. The molecule has 5 nitrogen and oxygen atoms in total. The zero-order chi connectivity index (χ0) is 15.1. The van der Waals surface area contributed by atoms with Gasteiger partial charge in [-0.3, -0.25) is 0 Å². The minimum absolute atomic E-state index is 0.231. The zero-order valence-corrected chi connectivity index (χ0v) is 13.3. The first kappa shape index (κ1) is 16.0. The van der Waals surface area contributed by atoms with Crippen molar-refractivity contribution < 1.29 is 13.2 Å². The van der Waals surface area contributed by atoms with Crippen LogP contribution in [0.3, 0.4) is 0 Å². The van der Waals surface area contributed by atoms with Gasteiger partial charge in [-0.1, -0.05) is 18.2 Å². The predicted molar refractivity (Wildman–Crippen MR) is 84.2 cm³/mol. The molecule has 2 N–H and O–H groups in total. The summed E-state index contributed by atoms with van der Waals surface area (Å²) in [6.07, 6.45) is 0. The molecule has 21 heavy (non-hydrogen) atoms. The first-order valence-electron chi connectivity index (χ1n) is 6.51. The summed E-state index contributed by atoms with van der Waals surface area (Å²) < 4.78 is 32.1. The normalized spacial score (nSPS) is 11.5. The van der Waals surface area contributed by atoms with Gasteiger partial charge in [0.25, 0.3) is 0 Å². The number of sulfonamides is 1. The Hall–Kier alpha value is -1.41. The molecule has 7 heteroatoms. The number of ether oxygens (including phenoxy) is 1. The number of benzene rings is 1. The molecular weight excluding hydrogens is 308 g/mol. The maximum atomic E-state index is 12.1. The van der Waals surface area contributed by atoms with Crippen molar-refractivity contribution in [3.8, 4) is 5.75 Å². The van der Waals surface area contributed by atoms with Crippen molar-refractivity contribution in [3.05, 3.63) is 46.7 Å². The van der Waals surface area contributed by atoms with Gasteiger partial charge in [0.05, 0.1) is 4.90 Å². The van der Waals surface area contributed by atoms with Crippen molar-refractivity contribution in [1.29, 1.82) is 0 Å². The van der Waals surface area contributed by atoms with Gasteiger partial charge >= 0.3 is 0 Å². The average Bonchev–Trinajstić information content (AvgIpc) is 2.95. The van der Waals surface area contributed by atoms with Crippen LogP contribution in [0.15, 0.2) is 46.7 Å². The van der Waals surface area contributed by atoms with Crippen LogP contribution in [0.2, 0.25) is 0 Å². The molecule has 0 atom stereocenters. The Morgan fingerprint density at radius 1 is 1.24 bits per heavy atom. The van der Waals surface area contributed by atoms with Crippen LogP contribution >= 0.6 is 11.3 Å². The summed E-state index contributed by atoms with van der Waals surface area (Å²) in [6.45, 7) is 1.18. The molecule has 1 heterocycles. The number of hydrogen-bond donors (Lipinski definition) is 2. The first-order chi connectivity index (χ1) is 10.1. The molecule has 2 aromatic rings. The Bertz CT molecular complexity index is 654. The Morgan fingerprint density at radius 3 is 2.71 bits per heavy atom. The summed E-state index contributed by atoms with van der Waals surface area (Å²) in [7, 11) is -1.63. The molecule has 0 fully saturated rings. The minimum atomic E-state index is -3.46. The second-order valence-corrected chi connectivity index (χ2v) is 7.10. The lowest BCUT2D eigenvalue weighted by molar-refractivity contribution is 0.323. The van der Waals surface area contributed by atoms with E-state index >= 15 is 0 Å². The molecule has 2 rings (SSSR count). The Kier molecular flexibility index (Phi) is 5.75. The van der Waals surface area contributed by atoms with E-state index in [-0.39, 0.29) is 13.2 Å². The fourth-order valence-corrected chi connectivity index (χ4v) is 4.01. The molecule has 0 saturated heterocycles. The van der Waals surface area contributed by atoms with Crippen LogP contribution in [-0.4, -0.2) is 28.6 Å². The molecule has 114 valence electrons. The van der Waals surface area contributed by atoms with Crippen molar-refractivity contribution in [3.63, 3.8) is 0 Å². The van der Waals surface area contributed by atoms with Crippen molar-refractivity contribution in [2.24, 2.45) is 0 Å². The highest BCUT2D eigenvalue weighted by atomic mass is 32.2. The van der Waals surface area contributed by atoms with Gasteiger partial charge in [0.15, 0.2) is 0 Å². The maximum absolute atomic E-state index is 12.1. The van der Waals surface area contributed by atoms with Crippen LogP contribution in [0.25, 0.3) is 0 Å². The Morgan fingerprint density at radius 2 is 2.00 bits per heavy atom. The van der Waals surface area contributed by atoms with E-state index in [9.17, 15) is 8.42 Å². The lowest BCUT2D eigenvalue weighted by Gasteiger charge is -2.07. The van der Waals surface area contributed by atoms with Gasteiger partial charge in [-0.15, -0.1) is 11.3 Å². The van der Waals surface area contributed by atoms with Crippen LogP contribution in [0.4, 0.5) is 0 Å². The third kappa shape index (κ3) is 4.82. The summed E-state index contributed by atoms with van der Waals surface area (Å²) in [5.41, 5.74) is 0. The summed E-state index contributed by atoms with van der Waals surface area (Å²) in [5, 5.41) is 4.64. The molecule has 1 aromatic carbocycles. The minimum Gasteiger partial charge on any atom is -0.492 e. The van der Waals surface area contributed by atoms with E-state index in [0.717, 1.165) is 10.6 Å². The fraction of sp³-hybridized carbons (Fsp3) is 0.286. The molecule has 0 saturated carbocycles. The Labute approximate surface area is 129 Å². The zero-order valence-electron chi connectivity index (χ0n) is 11.7. The predicted octanol–water partition coefficient (Wildman–Crippen LogP) is 1.82. The van der Waals surface area contributed by atoms with Crippen LogP contribution in [0, 0.1) is 0 Å². The van der Waals surface area contributed by atoms with Crippen molar-refractivity contribution >= 4 is 21.4 Å². The smallest absolute Gasteiger partial charge is 0.241 e. The number of rotatable bonds is 8. The lowest BCUT2D eigenvalue weighted by atomic mass is 10.3. The second-order valence-electron chi connectivity index (χ2n) is 4.34. The van der Waals surface area contributed by atoms with E-state index in [1.807, 2.05) is 37.4 Å². The number of thiophene rings is 1. The SMILES string of the molecule is CNCc1cc(S(=O)(=O)NCCOc2ccccc2)cs1. The molecule has 0 unspecified atom stereocenters. The van der Waals surface area contributed by atoms with E-state index in [1.165, 1.54) is 11.3 Å². The molecule has 0 aliphatic rings. The van der Waals surface area contributed by atoms with Crippen LogP contribution < -0.4 is 14.8 Å². The van der Waals surface area contributed by atoms with Gasteiger partial charge in [0.1, 0.15) is 12.4 Å². The van der Waals surface area contributed by atoms with Crippen LogP contribution in [-0.2, 0) is 16.6 Å².